The van der Waals surface area contributed by atoms with Gasteiger partial charge in [-0.15, -0.1) is 0 Å². The van der Waals surface area contributed by atoms with Gasteiger partial charge < -0.3 is 4.90 Å². The van der Waals surface area contributed by atoms with Gasteiger partial charge in [0.1, 0.15) is 0 Å². The van der Waals surface area contributed by atoms with Crippen LogP contribution in [0.5, 0.6) is 0 Å². The van der Waals surface area contributed by atoms with Crippen molar-refractivity contribution in [3.63, 3.8) is 0 Å². The molecule has 0 aromatic heterocycles. The first kappa shape index (κ1) is 21.3. The van der Waals surface area contributed by atoms with Gasteiger partial charge in [0, 0.05) is 18.7 Å². The summed E-state index contributed by atoms with van der Waals surface area (Å²) in [4.78, 5) is 14.1. The van der Waals surface area contributed by atoms with Gasteiger partial charge in [-0.05, 0) is 48.2 Å². The zero-order valence-electron chi connectivity index (χ0n) is 17.7. The standard InChI is InChI=1S/C25H26N2O3S/c1-3-24(28)27-15-14-20-17-22(12-13-23(20)27)31(29,30)26-25(19-9-5-4-6-10-19)21-11-7-8-18(2)16-21/h4-13,16-17,25-26H,3,14-15H2,1-2H3/t25-/m0/s1. The van der Waals surface area contributed by atoms with Crippen LogP contribution < -0.4 is 9.62 Å². The van der Waals surface area contributed by atoms with E-state index < -0.39 is 16.1 Å². The van der Waals surface area contributed by atoms with Crippen molar-refractivity contribution >= 4 is 21.6 Å². The van der Waals surface area contributed by atoms with Crippen molar-refractivity contribution in [3.05, 3.63) is 95.1 Å². The van der Waals surface area contributed by atoms with Crippen molar-refractivity contribution < 1.29 is 13.2 Å². The predicted molar refractivity (Wildman–Crippen MR) is 123 cm³/mol. The number of hydrogen-bond acceptors (Lipinski definition) is 3. The average molecular weight is 435 g/mol. The summed E-state index contributed by atoms with van der Waals surface area (Å²) >= 11 is 0. The number of fused-ring (bicyclic) bond motifs is 1. The van der Waals surface area contributed by atoms with Gasteiger partial charge in [-0.3, -0.25) is 4.79 Å². The van der Waals surface area contributed by atoms with Crippen molar-refractivity contribution in [1.29, 1.82) is 0 Å². The third kappa shape index (κ3) is 4.40. The summed E-state index contributed by atoms with van der Waals surface area (Å²) in [5.74, 6) is 0.0519. The first-order valence-corrected chi connectivity index (χ1v) is 11.9. The molecular weight excluding hydrogens is 408 g/mol. The highest BCUT2D eigenvalue weighted by Gasteiger charge is 2.27. The zero-order valence-corrected chi connectivity index (χ0v) is 18.5. The lowest BCUT2D eigenvalue weighted by atomic mass is 9.98. The molecular formula is C25H26N2O3S. The maximum Gasteiger partial charge on any atom is 0.241 e. The number of nitrogens with zero attached hydrogens (tertiary/aromatic N) is 1. The lowest BCUT2D eigenvalue weighted by Gasteiger charge is -2.21. The van der Waals surface area contributed by atoms with Crippen molar-refractivity contribution in [1.82, 2.24) is 4.72 Å². The summed E-state index contributed by atoms with van der Waals surface area (Å²) in [6, 6.07) is 21.9. The Bertz CT molecular complexity index is 1210. The Morgan fingerprint density at radius 2 is 1.74 bits per heavy atom. The quantitative estimate of drug-likeness (QED) is 0.627. The highest BCUT2D eigenvalue weighted by atomic mass is 32.2. The highest BCUT2D eigenvalue weighted by molar-refractivity contribution is 7.89. The molecule has 0 spiro atoms. The molecule has 1 aliphatic rings. The number of nitrogens with one attached hydrogen (secondary N) is 1. The molecule has 1 atom stereocenters. The Kier molecular flexibility index (Phi) is 5.94. The van der Waals surface area contributed by atoms with Crippen LogP contribution in [0.1, 0.15) is 41.6 Å². The molecule has 160 valence electrons. The van der Waals surface area contributed by atoms with Crippen LogP contribution in [0.3, 0.4) is 0 Å². The molecule has 1 amide bonds. The number of sulfonamides is 1. The number of aryl methyl sites for hydroxylation is 1. The molecule has 6 heteroatoms. The third-order valence-corrected chi connectivity index (χ3v) is 7.06. The van der Waals surface area contributed by atoms with E-state index in [1.54, 1.807) is 23.1 Å². The summed E-state index contributed by atoms with van der Waals surface area (Å²) < 4.78 is 29.6. The van der Waals surface area contributed by atoms with Crippen LogP contribution in [0.15, 0.2) is 77.7 Å². The van der Waals surface area contributed by atoms with E-state index in [1.807, 2.05) is 68.4 Å². The van der Waals surface area contributed by atoms with Gasteiger partial charge in [0.05, 0.1) is 10.9 Å². The molecule has 0 radical (unpaired) electrons. The smallest absolute Gasteiger partial charge is 0.241 e. The molecule has 4 rings (SSSR count). The molecule has 0 aliphatic carbocycles. The molecule has 3 aromatic rings. The first-order valence-electron chi connectivity index (χ1n) is 10.5. The molecule has 5 nitrogen and oxygen atoms in total. The Morgan fingerprint density at radius 3 is 2.45 bits per heavy atom. The average Bonchev–Trinajstić information content (AvgIpc) is 3.21. The van der Waals surface area contributed by atoms with E-state index in [0.29, 0.717) is 19.4 Å². The number of carbonyl (C=O) groups excluding carboxylic acids is 1. The number of carbonyl (C=O) groups is 1. The van der Waals surface area contributed by atoms with Gasteiger partial charge >= 0.3 is 0 Å². The minimum absolute atomic E-state index is 0.0519. The lowest BCUT2D eigenvalue weighted by Crippen LogP contribution is -2.30. The number of anilines is 1. The third-order valence-electron chi connectivity index (χ3n) is 5.64. The second-order valence-electron chi connectivity index (χ2n) is 7.82. The van der Waals surface area contributed by atoms with Crippen molar-refractivity contribution in [2.45, 2.75) is 37.6 Å². The predicted octanol–water partition coefficient (Wildman–Crippen LogP) is 4.36. The van der Waals surface area contributed by atoms with E-state index in [2.05, 4.69) is 4.72 Å². The van der Waals surface area contributed by atoms with E-state index in [0.717, 1.165) is 27.9 Å². The van der Waals surface area contributed by atoms with Gasteiger partial charge in [0.25, 0.3) is 0 Å². The van der Waals surface area contributed by atoms with E-state index in [4.69, 9.17) is 0 Å². The minimum Gasteiger partial charge on any atom is -0.312 e. The topological polar surface area (TPSA) is 66.5 Å². The number of benzene rings is 3. The molecule has 31 heavy (non-hydrogen) atoms. The largest absolute Gasteiger partial charge is 0.312 e. The number of amides is 1. The second-order valence-corrected chi connectivity index (χ2v) is 9.53. The van der Waals surface area contributed by atoms with Crippen LogP contribution >= 0.6 is 0 Å². The molecule has 1 aliphatic heterocycles. The van der Waals surface area contributed by atoms with Gasteiger partial charge in [-0.25, -0.2) is 8.42 Å². The Balaban J connectivity index is 1.68. The van der Waals surface area contributed by atoms with E-state index >= 15 is 0 Å². The van der Waals surface area contributed by atoms with Gasteiger partial charge in [0.15, 0.2) is 0 Å². The maximum atomic E-state index is 13.4. The van der Waals surface area contributed by atoms with Crippen LogP contribution in [0.25, 0.3) is 0 Å². The summed E-state index contributed by atoms with van der Waals surface area (Å²) in [7, 11) is -3.79. The fraction of sp³-hybridized carbons (Fsp3) is 0.240. The summed E-state index contributed by atoms with van der Waals surface area (Å²) in [6.45, 7) is 4.41. The summed E-state index contributed by atoms with van der Waals surface area (Å²) in [5, 5.41) is 0. The summed E-state index contributed by atoms with van der Waals surface area (Å²) in [5.41, 5.74) is 4.52. The zero-order chi connectivity index (χ0) is 22.0. The number of rotatable bonds is 6. The molecule has 0 unspecified atom stereocenters. The fourth-order valence-electron chi connectivity index (χ4n) is 4.04. The Labute approximate surface area is 183 Å². The second kappa shape index (κ2) is 8.65. The van der Waals surface area contributed by atoms with Crippen LogP contribution in [0.2, 0.25) is 0 Å². The van der Waals surface area contributed by atoms with E-state index in [1.165, 1.54) is 0 Å². The maximum absolute atomic E-state index is 13.4. The van der Waals surface area contributed by atoms with Gasteiger partial charge in [0.2, 0.25) is 15.9 Å². The fourth-order valence-corrected chi connectivity index (χ4v) is 5.31. The molecule has 0 saturated heterocycles. The molecule has 1 N–H and O–H groups in total. The van der Waals surface area contributed by atoms with Crippen molar-refractivity contribution in [2.75, 3.05) is 11.4 Å². The van der Waals surface area contributed by atoms with Crippen LogP contribution in [-0.2, 0) is 21.2 Å². The molecule has 3 aromatic carbocycles. The SMILES string of the molecule is CCC(=O)N1CCc2cc(S(=O)(=O)N[C@@H](c3ccccc3)c3cccc(C)c3)ccc21. The van der Waals surface area contributed by atoms with E-state index in [-0.39, 0.29) is 10.8 Å². The molecule has 1 heterocycles. The van der Waals surface area contributed by atoms with Crippen LogP contribution in [0.4, 0.5) is 5.69 Å². The minimum atomic E-state index is -3.79. The van der Waals surface area contributed by atoms with Crippen LogP contribution in [0, 0.1) is 6.92 Å². The van der Waals surface area contributed by atoms with Crippen molar-refractivity contribution in [2.24, 2.45) is 0 Å². The highest BCUT2D eigenvalue weighted by Crippen LogP contribution is 2.32. The number of hydrogen-bond donors (Lipinski definition) is 1. The molecule has 0 bridgehead atoms. The lowest BCUT2D eigenvalue weighted by molar-refractivity contribution is -0.118. The molecule has 0 saturated carbocycles. The van der Waals surface area contributed by atoms with Crippen molar-refractivity contribution in [3.8, 4) is 0 Å². The Morgan fingerprint density at radius 1 is 1.00 bits per heavy atom. The first-order chi connectivity index (χ1) is 14.9. The van der Waals surface area contributed by atoms with Gasteiger partial charge in [-0.2, -0.15) is 4.72 Å². The molecule has 0 fully saturated rings. The van der Waals surface area contributed by atoms with E-state index in [9.17, 15) is 13.2 Å². The summed E-state index contributed by atoms with van der Waals surface area (Å²) in [6.07, 6.45) is 1.08. The van der Waals surface area contributed by atoms with Gasteiger partial charge in [-0.1, -0.05) is 67.1 Å². The Hall–Kier alpha value is -2.96. The normalized spacial score (nSPS) is 14.3. The van der Waals surface area contributed by atoms with Crippen LogP contribution in [-0.4, -0.2) is 20.9 Å². The monoisotopic (exact) mass is 434 g/mol.